The molecule has 1 amide bonds. The topological polar surface area (TPSA) is 54.9 Å². The lowest BCUT2D eigenvalue weighted by atomic mass is 10.1. The third kappa shape index (κ3) is 2.95. The number of rotatable bonds is 3. The number of hydrogen-bond donors (Lipinski definition) is 1. The summed E-state index contributed by atoms with van der Waals surface area (Å²) in [5, 5.41) is 4.58. The standard InChI is InChI=1S/C20H14FN3OS/c1-22-20(25)13-6-9-15-16(11-13)24-18(12-4-7-14(21)8-5-12)19(23-15)17-3-2-10-26-17/h2-11H,1H3,(H,22,25). The van der Waals surface area contributed by atoms with Gasteiger partial charge in [0.15, 0.2) is 0 Å². The van der Waals surface area contributed by atoms with Crippen LogP contribution >= 0.6 is 11.3 Å². The minimum absolute atomic E-state index is 0.181. The van der Waals surface area contributed by atoms with E-state index < -0.39 is 0 Å². The maximum absolute atomic E-state index is 13.3. The molecule has 2 aromatic heterocycles. The Bertz CT molecular complexity index is 1090. The van der Waals surface area contributed by atoms with Gasteiger partial charge in [-0.25, -0.2) is 14.4 Å². The van der Waals surface area contributed by atoms with Gasteiger partial charge < -0.3 is 5.32 Å². The van der Waals surface area contributed by atoms with Crippen LogP contribution in [0.2, 0.25) is 0 Å². The third-order valence-corrected chi connectivity index (χ3v) is 4.90. The number of amides is 1. The minimum Gasteiger partial charge on any atom is -0.355 e. The molecule has 0 unspecified atom stereocenters. The van der Waals surface area contributed by atoms with Crippen molar-refractivity contribution >= 4 is 28.3 Å². The Hall–Kier alpha value is -3.12. The highest BCUT2D eigenvalue weighted by Crippen LogP contribution is 2.33. The first-order valence-corrected chi connectivity index (χ1v) is 8.87. The monoisotopic (exact) mass is 363 g/mol. The molecular formula is C20H14FN3OS. The summed E-state index contributed by atoms with van der Waals surface area (Å²) in [6.07, 6.45) is 0. The second-order valence-corrected chi connectivity index (χ2v) is 6.64. The molecule has 1 N–H and O–H groups in total. The van der Waals surface area contributed by atoms with Crippen molar-refractivity contribution in [2.45, 2.75) is 0 Å². The summed E-state index contributed by atoms with van der Waals surface area (Å²) in [6.45, 7) is 0. The van der Waals surface area contributed by atoms with Crippen LogP contribution in [0.25, 0.3) is 32.9 Å². The van der Waals surface area contributed by atoms with E-state index in [0.29, 0.717) is 22.3 Å². The molecule has 0 atom stereocenters. The van der Waals surface area contributed by atoms with E-state index in [4.69, 9.17) is 9.97 Å². The van der Waals surface area contributed by atoms with E-state index in [1.165, 1.54) is 12.1 Å². The Balaban J connectivity index is 1.97. The van der Waals surface area contributed by atoms with E-state index in [9.17, 15) is 9.18 Å². The fourth-order valence-corrected chi connectivity index (χ4v) is 3.45. The quantitative estimate of drug-likeness (QED) is 0.582. The molecule has 4 aromatic rings. The first-order valence-electron chi connectivity index (χ1n) is 7.99. The summed E-state index contributed by atoms with van der Waals surface area (Å²) in [4.78, 5) is 22.4. The lowest BCUT2D eigenvalue weighted by Gasteiger charge is -2.10. The van der Waals surface area contributed by atoms with Crippen molar-refractivity contribution in [1.82, 2.24) is 15.3 Å². The number of halogens is 1. The van der Waals surface area contributed by atoms with Gasteiger partial charge in [0.05, 0.1) is 21.6 Å². The number of hydrogen-bond acceptors (Lipinski definition) is 4. The van der Waals surface area contributed by atoms with Crippen LogP contribution in [0.3, 0.4) is 0 Å². The molecule has 128 valence electrons. The maximum atomic E-state index is 13.3. The third-order valence-electron chi connectivity index (χ3n) is 4.03. The Kier molecular flexibility index (Phi) is 4.18. The van der Waals surface area contributed by atoms with E-state index in [-0.39, 0.29) is 11.7 Å². The smallest absolute Gasteiger partial charge is 0.251 e. The van der Waals surface area contributed by atoms with Gasteiger partial charge in [0.2, 0.25) is 0 Å². The predicted octanol–water partition coefficient (Wildman–Crippen LogP) is 4.52. The van der Waals surface area contributed by atoms with E-state index in [1.807, 2.05) is 17.5 Å². The van der Waals surface area contributed by atoms with Gasteiger partial charge in [-0.2, -0.15) is 0 Å². The fraction of sp³-hybridized carbons (Fsp3) is 0.0500. The van der Waals surface area contributed by atoms with E-state index >= 15 is 0 Å². The fourth-order valence-electron chi connectivity index (χ4n) is 2.73. The molecule has 0 bridgehead atoms. The lowest BCUT2D eigenvalue weighted by molar-refractivity contribution is 0.0963. The second kappa shape index (κ2) is 6.65. The van der Waals surface area contributed by atoms with E-state index in [1.54, 1.807) is 48.7 Å². The molecule has 26 heavy (non-hydrogen) atoms. The lowest BCUT2D eigenvalue weighted by Crippen LogP contribution is -2.17. The van der Waals surface area contributed by atoms with Gasteiger partial charge in [0.25, 0.3) is 5.91 Å². The normalized spacial score (nSPS) is 10.8. The molecule has 0 saturated heterocycles. The van der Waals surface area contributed by atoms with Crippen molar-refractivity contribution in [3.05, 3.63) is 71.4 Å². The Morgan fingerprint density at radius 2 is 1.77 bits per heavy atom. The average molecular weight is 363 g/mol. The largest absolute Gasteiger partial charge is 0.355 e. The second-order valence-electron chi connectivity index (χ2n) is 5.69. The van der Waals surface area contributed by atoms with Crippen LogP contribution in [-0.4, -0.2) is 22.9 Å². The van der Waals surface area contributed by atoms with Crippen molar-refractivity contribution in [2.24, 2.45) is 0 Å². The zero-order chi connectivity index (χ0) is 18.1. The SMILES string of the molecule is CNC(=O)c1ccc2nc(-c3cccs3)c(-c3ccc(F)cc3)nc2c1. The van der Waals surface area contributed by atoms with Crippen molar-refractivity contribution in [3.8, 4) is 21.8 Å². The van der Waals surface area contributed by atoms with Crippen molar-refractivity contribution in [2.75, 3.05) is 7.05 Å². The molecule has 0 aliphatic rings. The molecule has 6 heteroatoms. The molecule has 0 aliphatic heterocycles. The molecule has 4 rings (SSSR count). The highest BCUT2D eigenvalue weighted by atomic mass is 32.1. The molecule has 0 radical (unpaired) electrons. The molecule has 0 saturated carbocycles. The average Bonchev–Trinajstić information content (AvgIpc) is 3.21. The number of nitrogens with one attached hydrogen (secondary N) is 1. The molecule has 0 spiro atoms. The van der Waals surface area contributed by atoms with Gasteiger partial charge in [-0.15, -0.1) is 11.3 Å². The van der Waals surface area contributed by atoms with Gasteiger partial charge in [0.1, 0.15) is 11.5 Å². The number of carbonyl (C=O) groups is 1. The Morgan fingerprint density at radius 1 is 1.00 bits per heavy atom. The first-order chi connectivity index (χ1) is 12.7. The van der Waals surface area contributed by atoms with Crippen LogP contribution in [0.5, 0.6) is 0 Å². The number of aromatic nitrogens is 2. The summed E-state index contributed by atoms with van der Waals surface area (Å²) in [5.41, 5.74) is 4.01. The predicted molar refractivity (Wildman–Crippen MR) is 102 cm³/mol. The van der Waals surface area contributed by atoms with Gasteiger partial charge in [-0.1, -0.05) is 6.07 Å². The summed E-state index contributed by atoms with van der Waals surface area (Å²) >= 11 is 1.57. The number of benzene rings is 2. The van der Waals surface area contributed by atoms with Crippen LogP contribution in [0, 0.1) is 5.82 Å². The van der Waals surface area contributed by atoms with Crippen LogP contribution in [0.1, 0.15) is 10.4 Å². The van der Waals surface area contributed by atoms with Crippen LogP contribution in [-0.2, 0) is 0 Å². The summed E-state index contributed by atoms with van der Waals surface area (Å²) in [7, 11) is 1.59. The van der Waals surface area contributed by atoms with Crippen LogP contribution in [0.4, 0.5) is 4.39 Å². The number of thiophene rings is 1. The summed E-state index contributed by atoms with van der Waals surface area (Å²) in [5.74, 6) is -0.485. The van der Waals surface area contributed by atoms with Crippen LogP contribution < -0.4 is 5.32 Å². The summed E-state index contributed by atoms with van der Waals surface area (Å²) < 4.78 is 13.3. The van der Waals surface area contributed by atoms with E-state index in [2.05, 4.69) is 5.32 Å². The molecule has 4 nitrogen and oxygen atoms in total. The molecule has 0 aliphatic carbocycles. The van der Waals surface area contributed by atoms with Gasteiger partial charge in [0, 0.05) is 18.2 Å². The number of nitrogens with zero attached hydrogens (tertiary/aromatic N) is 2. The van der Waals surface area contributed by atoms with Crippen molar-refractivity contribution in [1.29, 1.82) is 0 Å². The highest BCUT2D eigenvalue weighted by Gasteiger charge is 2.15. The highest BCUT2D eigenvalue weighted by molar-refractivity contribution is 7.13. The summed E-state index contributed by atoms with van der Waals surface area (Å²) in [6, 6.07) is 15.3. The zero-order valence-electron chi connectivity index (χ0n) is 13.9. The van der Waals surface area contributed by atoms with Crippen LogP contribution in [0.15, 0.2) is 60.0 Å². The van der Waals surface area contributed by atoms with E-state index in [0.717, 1.165) is 16.1 Å². The Labute approximate surface area is 153 Å². The minimum atomic E-state index is -0.304. The van der Waals surface area contributed by atoms with Gasteiger partial charge >= 0.3 is 0 Å². The number of fused-ring (bicyclic) bond motifs is 1. The Morgan fingerprint density at radius 3 is 2.46 bits per heavy atom. The first kappa shape index (κ1) is 16.4. The maximum Gasteiger partial charge on any atom is 0.251 e. The molecule has 2 heterocycles. The molecule has 0 fully saturated rings. The van der Waals surface area contributed by atoms with Gasteiger partial charge in [-0.3, -0.25) is 4.79 Å². The zero-order valence-corrected chi connectivity index (χ0v) is 14.7. The molecule has 2 aromatic carbocycles. The van der Waals surface area contributed by atoms with Crippen molar-refractivity contribution < 1.29 is 9.18 Å². The number of carbonyl (C=O) groups excluding carboxylic acids is 1. The van der Waals surface area contributed by atoms with Crippen molar-refractivity contribution in [3.63, 3.8) is 0 Å². The van der Waals surface area contributed by atoms with Gasteiger partial charge in [-0.05, 0) is 53.9 Å². The molecular weight excluding hydrogens is 349 g/mol.